The van der Waals surface area contributed by atoms with Crippen LogP contribution in [0.15, 0.2) is 30.3 Å². The molecule has 1 aromatic carbocycles. The number of amides is 2. The van der Waals surface area contributed by atoms with Crippen LogP contribution in [0.2, 0.25) is 0 Å². The van der Waals surface area contributed by atoms with Gasteiger partial charge < -0.3 is 10.6 Å². The molecule has 2 amide bonds. The van der Waals surface area contributed by atoms with Gasteiger partial charge in [0.2, 0.25) is 10.0 Å². The van der Waals surface area contributed by atoms with Crippen molar-refractivity contribution < 1.29 is 13.2 Å². The van der Waals surface area contributed by atoms with Crippen molar-refractivity contribution in [2.75, 3.05) is 32.4 Å². The number of benzene rings is 1. The molecule has 2 aliphatic rings. The zero-order valence-corrected chi connectivity index (χ0v) is 15.5. The summed E-state index contributed by atoms with van der Waals surface area (Å²) in [6, 6.07) is 10.2. The molecule has 2 N–H and O–H groups in total. The van der Waals surface area contributed by atoms with Crippen LogP contribution in [0.25, 0.3) is 0 Å². The van der Waals surface area contributed by atoms with Crippen molar-refractivity contribution in [3.8, 4) is 0 Å². The lowest BCUT2D eigenvalue weighted by Gasteiger charge is -2.30. The predicted octanol–water partition coefficient (Wildman–Crippen LogP) is 1.69. The number of urea groups is 1. The van der Waals surface area contributed by atoms with Crippen molar-refractivity contribution in [2.45, 2.75) is 31.1 Å². The highest BCUT2D eigenvalue weighted by molar-refractivity contribution is 7.88. The van der Waals surface area contributed by atoms with E-state index in [4.69, 9.17) is 0 Å². The lowest BCUT2D eigenvalue weighted by atomic mass is 9.96. The maximum atomic E-state index is 12.1. The van der Waals surface area contributed by atoms with Crippen LogP contribution in [0.4, 0.5) is 4.79 Å². The summed E-state index contributed by atoms with van der Waals surface area (Å²) in [5, 5.41) is 5.94. The van der Waals surface area contributed by atoms with Gasteiger partial charge in [0, 0.05) is 31.6 Å². The van der Waals surface area contributed by atoms with Gasteiger partial charge in [0.1, 0.15) is 0 Å². The maximum Gasteiger partial charge on any atom is 0.314 e. The van der Waals surface area contributed by atoms with E-state index in [9.17, 15) is 13.2 Å². The highest BCUT2D eigenvalue weighted by atomic mass is 32.2. The summed E-state index contributed by atoms with van der Waals surface area (Å²) in [7, 11) is -3.09. The SMILES string of the molecule is CS(=O)(=O)N1CCC(CNC(=O)NCC2(c3ccccc3)CC2)CC1. The molecule has 1 aliphatic heterocycles. The third-order valence-corrected chi connectivity index (χ3v) is 6.72. The van der Waals surface area contributed by atoms with E-state index < -0.39 is 10.0 Å². The Kier molecular flexibility index (Phi) is 5.34. The number of sulfonamides is 1. The van der Waals surface area contributed by atoms with Crippen LogP contribution in [-0.4, -0.2) is 51.2 Å². The van der Waals surface area contributed by atoms with E-state index in [1.54, 1.807) is 0 Å². The Morgan fingerprint density at radius 1 is 1.16 bits per heavy atom. The Morgan fingerprint density at radius 2 is 1.80 bits per heavy atom. The fourth-order valence-electron chi connectivity index (χ4n) is 3.50. The van der Waals surface area contributed by atoms with Crippen LogP contribution in [0.5, 0.6) is 0 Å². The molecular weight excluding hydrogens is 338 g/mol. The second-order valence-corrected chi connectivity index (χ2v) is 9.30. The van der Waals surface area contributed by atoms with E-state index in [0.717, 1.165) is 25.7 Å². The molecular formula is C18H27N3O3S. The molecule has 0 unspecified atom stereocenters. The Labute approximate surface area is 150 Å². The van der Waals surface area contributed by atoms with Gasteiger partial charge in [-0.1, -0.05) is 30.3 Å². The van der Waals surface area contributed by atoms with E-state index in [2.05, 4.69) is 22.8 Å². The van der Waals surface area contributed by atoms with Crippen molar-refractivity contribution >= 4 is 16.1 Å². The Morgan fingerprint density at radius 3 is 2.36 bits per heavy atom. The molecule has 3 rings (SSSR count). The van der Waals surface area contributed by atoms with Crippen LogP contribution in [-0.2, 0) is 15.4 Å². The first-order chi connectivity index (χ1) is 11.9. The highest BCUT2D eigenvalue weighted by Gasteiger charge is 2.44. The third kappa shape index (κ3) is 4.73. The summed E-state index contributed by atoms with van der Waals surface area (Å²) in [5.74, 6) is 0.341. The van der Waals surface area contributed by atoms with E-state index in [0.29, 0.717) is 32.1 Å². The zero-order valence-electron chi connectivity index (χ0n) is 14.7. The minimum Gasteiger partial charge on any atom is -0.338 e. The zero-order chi connectivity index (χ0) is 17.9. The highest BCUT2D eigenvalue weighted by Crippen LogP contribution is 2.47. The summed E-state index contributed by atoms with van der Waals surface area (Å²) >= 11 is 0. The van der Waals surface area contributed by atoms with E-state index in [-0.39, 0.29) is 11.4 Å². The van der Waals surface area contributed by atoms with Crippen molar-refractivity contribution in [1.29, 1.82) is 0 Å². The Hall–Kier alpha value is -1.60. The molecule has 0 aromatic heterocycles. The summed E-state index contributed by atoms with van der Waals surface area (Å²) in [6.45, 7) is 2.35. The molecule has 0 radical (unpaired) electrons. The molecule has 0 spiro atoms. The van der Waals surface area contributed by atoms with Gasteiger partial charge in [-0.15, -0.1) is 0 Å². The Balaban J connectivity index is 1.38. The smallest absolute Gasteiger partial charge is 0.314 e. The predicted molar refractivity (Wildman–Crippen MR) is 97.9 cm³/mol. The minimum absolute atomic E-state index is 0.111. The van der Waals surface area contributed by atoms with Gasteiger partial charge in [-0.25, -0.2) is 17.5 Å². The Bertz CT molecular complexity index is 694. The van der Waals surface area contributed by atoms with Gasteiger partial charge in [0.05, 0.1) is 6.26 Å². The van der Waals surface area contributed by atoms with Gasteiger partial charge in [0.15, 0.2) is 0 Å². The number of rotatable bonds is 6. The number of carbonyl (C=O) groups is 1. The molecule has 2 fully saturated rings. The quantitative estimate of drug-likeness (QED) is 0.805. The van der Waals surface area contributed by atoms with Crippen LogP contribution >= 0.6 is 0 Å². The van der Waals surface area contributed by atoms with Crippen LogP contribution in [0.1, 0.15) is 31.2 Å². The lowest BCUT2D eigenvalue weighted by Crippen LogP contribution is -2.44. The third-order valence-electron chi connectivity index (χ3n) is 5.42. The molecule has 6 nitrogen and oxygen atoms in total. The molecule has 1 aromatic rings. The normalized spacial score (nSPS) is 20.8. The monoisotopic (exact) mass is 365 g/mol. The van der Waals surface area contributed by atoms with Crippen molar-refractivity contribution in [1.82, 2.24) is 14.9 Å². The standard InChI is InChI=1S/C18H27N3O3S/c1-25(23,24)21-11-7-15(8-12-21)13-19-17(22)20-14-18(9-10-18)16-5-3-2-4-6-16/h2-6,15H,7-14H2,1H3,(H2,19,20,22). The summed E-state index contributed by atoms with van der Waals surface area (Å²) in [4.78, 5) is 12.1. The van der Waals surface area contributed by atoms with Gasteiger partial charge in [-0.05, 0) is 37.2 Å². The van der Waals surface area contributed by atoms with Gasteiger partial charge in [0.25, 0.3) is 0 Å². The molecule has 1 saturated carbocycles. The van der Waals surface area contributed by atoms with Gasteiger partial charge in [-0.2, -0.15) is 0 Å². The van der Waals surface area contributed by atoms with Crippen molar-refractivity contribution in [2.24, 2.45) is 5.92 Å². The summed E-state index contributed by atoms with van der Waals surface area (Å²) in [5.41, 5.74) is 1.41. The molecule has 1 heterocycles. The first-order valence-corrected chi connectivity index (χ1v) is 10.8. The number of hydrogen-bond acceptors (Lipinski definition) is 3. The molecule has 7 heteroatoms. The molecule has 0 bridgehead atoms. The number of nitrogens with zero attached hydrogens (tertiary/aromatic N) is 1. The number of piperidine rings is 1. The second-order valence-electron chi connectivity index (χ2n) is 7.32. The van der Waals surface area contributed by atoms with Crippen molar-refractivity contribution in [3.05, 3.63) is 35.9 Å². The molecule has 25 heavy (non-hydrogen) atoms. The van der Waals surface area contributed by atoms with E-state index >= 15 is 0 Å². The van der Waals surface area contributed by atoms with Crippen molar-refractivity contribution in [3.63, 3.8) is 0 Å². The maximum absolute atomic E-state index is 12.1. The van der Waals surface area contributed by atoms with E-state index in [1.165, 1.54) is 16.1 Å². The molecule has 138 valence electrons. The van der Waals surface area contributed by atoms with Gasteiger partial charge in [-0.3, -0.25) is 0 Å². The number of nitrogens with one attached hydrogen (secondary N) is 2. The first kappa shape index (κ1) is 18.2. The topological polar surface area (TPSA) is 78.5 Å². The lowest BCUT2D eigenvalue weighted by molar-refractivity contribution is 0.230. The number of carbonyl (C=O) groups excluding carboxylic acids is 1. The minimum atomic E-state index is -3.09. The summed E-state index contributed by atoms with van der Waals surface area (Å²) < 4.78 is 24.5. The van der Waals surface area contributed by atoms with Crippen LogP contribution in [0.3, 0.4) is 0 Å². The molecule has 1 aliphatic carbocycles. The summed E-state index contributed by atoms with van der Waals surface area (Å²) in [6.07, 6.45) is 5.06. The fourth-order valence-corrected chi connectivity index (χ4v) is 4.38. The van der Waals surface area contributed by atoms with Crippen LogP contribution < -0.4 is 10.6 Å². The van der Waals surface area contributed by atoms with E-state index in [1.807, 2.05) is 18.2 Å². The largest absolute Gasteiger partial charge is 0.338 e. The second kappa shape index (κ2) is 7.33. The molecule has 1 saturated heterocycles. The fraction of sp³-hybridized carbons (Fsp3) is 0.611. The number of hydrogen-bond donors (Lipinski definition) is 2. The first-order valence-electron chi connectivity index (χ1n) is 8.91. The van der Waals surface area contributed by atoms with Gasteiger partial charge >= 0.3 is 6.03 Å². The van der Waals surface area contributed by atoms with Crippen LogP contribution in [0, 0.1) is 5.92 Å². The average Bonchev–Trinajstić information content (AvgIpc) is 3.40. The average molecular weight is 365 g/mol. The molecule has 0 atom stereocenters.